The summed E-state index contributed by atoms with van der Waals surface area (Å²) in [6.07, 6.45) is 3.21. The zero-order valence-electron chi connectivity index (χ0n) is 10.5. The quantitative estimate of drug-likeness (QED) is 0.481. The van der Waals surface area contributed by atoms with Crippen LogP contribution in [0.25, 0.3) is 0 Å². The van der Waals surface area contributed by atoms with Crippen LogP contribution in [0, 0.1) is 11.8 Å². The van der Waals surface area contributed by atoms with Crippen molar-refractivity contribution in [1.82, 2.24) is 9.55 Å². The van der Waals surface area contributed by atoms with Crippen LogP contribution in [-0.2, 0) is 11.3 Å². The van der Waals surface area contributed by atoms with Crippen LogP contribution >= 0.6 is 11.6 Å². The second kappa shape index (κ2) is 5.89. The molecule has 0 spiro atoms. The fraction of sp³-hybridized carbons (Fsp3) is 0.462. The second-order valence-corrected chi connectivity index (χ2v) is 4.54. The molecule has 1 aliphatic rings. The van der Waals surface area contributed by atoms with Crippen molar-refractivity contribution in [2.75, 3.05) is 0 Å². The van der Waals surface area contributed by atoms with E-state index in [0.29, 0.717) is 6.29 Å². The number of aromatic nitrogens is 2. The van der Waals surface area contributed by atoms with Gasteiger partial charge in [0.05, 0.1) is 6.54 Å². The maximum atomic E-state index is 12.1. The van der Waals surface area contributed by atoms with Crippen LogP contribution in [0.3, 0.4) is 0 Å². The molecular formula is C13H13ClN2O3. The Balaban J connectivity index is 2.30. The van der Waals surface area contributed by atoms with Crippen LogP contribution < -0.4 is 0 Å². The van der Waals surface area contributed by atoms with Gasteiger partial charge in [0.25, 0.3) is 0 Å². The van der Waals surface area contributed by atoms with Gasteiger partial charge in [-0.1, -0.05) is 5.92 Å². The second-order valence-electron chi connectivity index (χ2n) is 4.20. The van der Waals surface area contributed by atoms with E-state index in [-0.39, 0.29) is 29.3 Å². The first kappa shape index (κ1) is 13.6. The van der Waals surface area contributed by atoms with E-state index in [1.807, 2.05) is 0 Å². The van der Waals surface area contributed by atoms with Gasteiger partial charge in [0.2, 0.25) is 5.28 Å². The highest BCUT2D eigenvalue weighted by Gasteiger charge is 2.28. The molecule has 2 rings (SSSR count). The van der Waals surface area contributed by atoms with Gasteiger partial charge in [-0.3, -0.25) is 9.36 Å². The van der Waals surface area contributed by atoms with E-state index in [9.17, 15) is 9.59 Å². The number of aldehydes is 1. The number of esters is 1. The smallest absolute Gasteiger partial charge is 0.357 e. The Bertz CT molecular complexity index is 564. The maximum absolute atomic E-state index is 12.1. The molecule has 1 aliphatic carbocycles. The first-order valence-electron chi connectivity index (χ1n) is 5.99. The van der Waals surface area contributed by atoms with E-state index in [0.717, 1.165) is 19.3 Å². The Kier molecular flexibility index (Phi) is 4.23. The number of halogens is 1. The van der Waals surface area contributed by atoms with Gasteiger partial charge in [0, 0.05) is 0 Å². The van der Waals surface area contributed by atoms with Crippen LogP contribution in [0.1, 0.15) is 47.2 Å². The maximum Gasteiger partial charge on any atom is 0.357 e. The third kappa shape index (κ3) is 2.79. The van der Waals surface area contributed by atoms with Crippen molar-refractivity contribution in [3.8, 4) is 11.8 Å². The van der Waals surface area contributed by atoms with Crippen molar-refractivity contribution in [3.05, 3.63) is 16.7 Å². The van der Waals surface area contributed by atoms with Gasteiger partial charge in [-0.15, -0.1) is 5.92 Å². The van der Waals surface area contributed by atoms with Crippen LogP contribution in [0.4, 0.5) is 0 Å². The predicted octanol–water partition coefficient (Wildman–Crippen LogP) is 2.08. The van der Waals surface area contributed by atoms with Crippen LogP contribution in [0.2, 0.25) is 5.28 Å². The van der Waals surface area contributed by atoms with Crippen molar-refractivity contribution in [3.63, 3.8) is 0 Å². The fourth-order valence-corrected chi connectivity index (χ4v) is 1.97. The zero-order valence-corrected chi connectivity index (χ0v) is 11.2. The Labute approximate surface area is 115 Å². The van der Waals surface area contributed by atoms with Gasteiger partial charge in [0.1, 0.15) is 11.8 Å². The summed E-state index contributed by atoms with van der Waals surface area (Å²) in [5.74, 6) is 4.92. The van der Waals surface area contributed by atoms with Crippen LogP contribution in [-0.4, -0.2) is 27.9 Å². The molecule has 1 fully saturated rings. The molecule has 0 saturated heterocycles. The number of nitrogens with zero attached hydrogens (tertiary/aromatic N) is 2. The summed E-state index contributed by atoms with van der Waals surface area (Å²) < 4.78 is 6.68. The molecule has 0 radical (unpaired) electrons. The Morgan fingerprint density at radius 2 is 2.37 bits per heavy atom. The van der Waals surface area contributed by atoms with Gasteiger partial charge in [-0.25, -0.2) is 9.78 Å². The summed E-state index contributed by atoms with van der Waals surface area (Å²) in [6.45, 7) is 1.88. The lowest BCUT2D eigenvalue weighted by atomic mass is 9.96. The molecule has 1 heterocycles. The Hall–Kier alpha value is -1.80. The highest BCUT2D eigenvalue weighted by molar-refractivity contribution is 6.29. The monoisotopic (exact) mass is 280 g/mol. The largest absolute Gasteiger partial charge is 0.458 e. The molecule has 0 aromatic carbocycles. The van der Waals surface area contributed by atoms with Crippen LogP contribution in [0.15, 0.2) is 0 Å². The molecule has 0 N–H and O–H groups in total. The summed E-state index contributed by atoms with van der Waals surface area (Å²) in [4.78, 5) is 26.9. The minimum Gasteiger partial charge on any atom is -0.458 e. The lowest BCUT2D eigenvalue weighted by Crippen LogP contribution is -2.27. The number of rotatable bonds is 4. The summed E-state index contributed by atoms with van der Waals surface area (Å²) in [7, 11) is 0. The molecule has 1 aromatic heterocycles. The predicted molar refractivity (Wildman–Crippen MR) is 69.1 cm³/mol. The molecule has 0 bridgehead atoms. The number of hydrogen-bond donors (Lipinski definition) is 0. The van der Waals surface area contributed by atoms with E-state index in [4.69, 9.17) is 16.3 Å². The summed E-state index contributed by atoms with van der Waals surface area (Å²) in [5.41, 5.74) is 0.0712. The molecule has 1 aromatic rings. The molecule has 0 atom stereocenters. The molecule has 0 aliphatic heterocycles. The molecule has 0 unspecified atom stereocenters. The fourth-order valence-electron chi connectivity index (χ4n) is 1.74. The third-order valence-corrected chi connectivity index (χ3v) is 3.28. The van der Waals surface area contributed by atoms with Gasteiger partial charge in [-0.2, -0.15) is 0 Å². The minimum absolute atomic E-state index is 0.00720. The Morgan fingerprint density at radius 3 is 2.89 bits per heavy atom. The van der Waals surface area contributed by atoms with Crippen molar-refractivity contribution in [2.24, 2.45) is 0 Å². The zero-order chi connectivity index (χ0) is 13.8. The molecule has 6 heteroatoms. The summed E-state index contributed by atoms with van der Waals surface area (Å²) in [6, 6.07) is 0. The van der Waals surface area contributed by atoms with Gasteiger partial charge < -0.3 is 4.74 Å². The van der Waals surface area contributed by atoms with Gasteiger partial charge in [0.15, 0.2) is 12.0 Å². The molecule has 1 saturated carbocycles. The van der Waals surface area contributed by atoms with Gasteiger partial charge >= 0.3 is 5.97 Å². The standard InChI is InChI=1S/C13H13ClN2O3/c1-2-3-7-16-11(10(8-17)15-13(16)14)12(18)19-9-5-4-6-9/h8-9H,4-7H2,1H3. The number of hydrogen-bond acceptors (Lipinski definition) is 4. The number of carbonyl (C=O) groups excluding carboxylic acids is 2. The Morgan fingerprint density at radius 1 is 1.63 bits per heavy atom. The summed E-state index contributed by atoms with van der Waals surface area (Å²) >= 11 is 5.91. The first-order chi connectivity index (χ1) is 9.17. The van der Waals surface area contributed by atoms with Crippen molar-refractivity contribution in [2.45, 2.75) is 38.8 Å². The first-order valence-corrected chi connectivity index (χ1v) is 6.37. The number of ether oxygens (including phenoxy) is 1. The normalized spacial score (nSPS) is 14.2. The van der Waals surface area contributed by atoms with E-state index in [1.54, 1.807) is 6.92 Å². The topological polar surface area (TPSA) is 61.2 Å². The lowest BCUT2D eigenvalue weighted by Gasteiger charge is -2.25. The van der Waals surface area contributed by atoms with E-state index < -0.39 is 5.97 Å². The van der Waals surface area contributed by atoms with E-state index in [2.05, 4.69) is 16.8 Å². The minimum atomic E-state index is -0.566. The molecule has 0 amide bonds. The SMILES string of the molecule is CC#CCn1c(Cl)nc(C=O)c1C(=O)OC1CCC1. The summed E-state index contributed by atoms with van der Waals surface area (Å²) in [5, 5.41) is 0.0606. The average Bonchev–Trinajstić information content (AvgIpc) is 2.67. The molecule has 19 heavy (non-hydrogen) atoms. The third-order valence-electron chi connectivity index (χ3n) is 2.99. The lowest BCUT2D eigenvalue weighted by molar-refractivity contribution is 0.00780. The highest BCUT2D eigenvalue weighted by Crippen LogP contribution is 2.24. The highest BCUT2D eigenvalue weighted by atomic mass is 35.5. The average molecular weight is 281 g/mol. The van der Waals surface area contributed by atoms with Crippen molar-refractivity contribution < 1.29 is 14.3 Å². The molecular weight excluding hydrogens is 268 g/mol. The van der Waals surface area contributed by atoms with E-state index >= 15 is 0 Å². The van der Waals surface area contributed by atoms with E-state index in [1.165, 1.54) is 4.57 Å². The molecule has 5 nitrogen and oxygen atoms in total. The number of imidazole rings is 1. The molecule has 100 valence electrons. The number of carbonyl (C=O) groups is 2. The van der Waals surface area contributed by atoms with Crippen molar-refractivity contribution >= 4 is 23.9 Å². The van der Waals surface area contributed by atoms with Crippen molar-refractivity contribution in [1.29, 1.82) is 0 Å². The van der Waals surface area contributed by atoms with Crippen LogP contribution in [0.5, 0.6) is 0 Å². The van der Waals surface area contributed by atoms with Gasteiger partial charge in [-0.05, 0) is 37.8 Å².